The third kappa shape index (κ3) is 3.26. The smallest absolute Gasteiger partial charge is 0.326 e. The summed E-state index contributed by atoms with van der Waals surface area (Å²) in [6.07, 6.45) is 3.94. The lowest BCUT2D eigenvalue weighted by Crippen LogP contribution is -2.48. The Hall–Kier alpha value is -2.11. The van der Waals surface area contributed by atoms with Crippen molar-refractivity contribution in [2.45, 2.75) is 38.3 Å². The van der Waals surface area contributed by atoms with Crippen molar-refractivity contribution in [3.8, 4) is 0 Å². The van der Waals surface area contributed by atoms with Crippen molar-refractivity contribution in [3.05, 3.63) is 34.7 Å². The molecule has 0 radical (unpaired) electrons. The molecule has 2 heterocycles. The lowest BCUT2D eigenvalue weighted by Gasteiger charge is -2.33. The molecule has 1 atom stereocenters. The number of carbonyl (C=O) groups is 2. The van der Waals surface area contributed by atoms with Gasteiger partial charge in [-0.2, -0.15) is 0 Å². The van der Waals surface area contributed by atoms with E-state index in [1.807, 2.05) is 0 Å². The summed E-state index contributed by atoms with van der Waals surface area (Å²) in [6, 6.07) is 4.09. The van der Waals surface area contributed by atoms with Crippen LogP contribution in [-0.4, -0.2) is 39.0 Å². The van der Waals surface area contributed by atoms with Gasteiger partial charge in [-0.1, -0.05) is 6.07 Å². The van der Waals surface area contributed by atoms with Crippen molar-refractivity contribution < 1.29 is 14.7 Å². The van der Waals surface area contributed by atoms with Crippen molar-refractivity contribution >= 4 is 11.9 Å². The fraction of sp³-hybridized carbons (Fsp3) is 0.500. The summed E-state index contributed by atoms with van der Waals surface area (Å²) in [4.78, 5) is 36.2. The SMILES string of the molecule is O=C(O)[C@@H]1CCCCN1C(=O)CCn1ccccc1=O. The van der Waals surface area contributed by atoms with Crippen molar-refractivity contribution in [2.24, 2.45) is 0 Å². The van der Waals surface area contributed by atoms with Gasteiger partial charge in [0.05, 0.1) is 0 Å². The predicted molar refractivity (Wildman–Crippen MR) is 72.3 cm³/mol. The lowest BCUT2D eigenvalue weighted by molar-refractivity contribution is -0.152. The molecule has 1 amide bonds. The van der Waals surface area contributed by atoms with Crippen LogP contribution in [0, 0.1) is 0 Å². The maximum Gasteiger partial charge on any atom is 0.326 e. The van der Waals surface area contributed by atoms with Crippen LogP contribution in [0.1, 0.15) is 25.7 Å². The van der Waals surface area contributed by atoms with Gasteiger partial charge in [0.25, 0.3) is 5.56 Å². The van der Waals surface area contributed by atoms with Crippen LogP contribution in [0.15, 0.2) is 29.2 Å². The summed E-state index contributed by atoms with van der Waals surface area (Å²) in [5.41, 5.74) is -0.159. The third-order valence-electron chi connectivity index (χ3n) is 3.57. The molecule has 6 nitrogen and oxygen atoms in total. The van der Waals surface area contributed by atoms with E-state index in [9.17, 15) is 14.4 Å². The Bertz CT molecular complexity index is 552. The second-order valence-electron chi connectivity index (χ2n) is 4.92. The summed E-state index contributed by atoms with van der Waals surface area (Å²) in [6.45, 7) is 0.765. The van der Waals surface area contributed by atoms with E-state index in [0.29, 0.717) is 13.0 Å². The molecule has 0 unspecified atom stereocenters. The molecule has 1 saturated heterocycles. The minimum atomic E-state index is -0.949. The highest BCUT2D eigenvalue weighted by molar-refractivity contribution is 5.83. The number of pyridine rings is 1. The average molecular weight is 278 g/mol. The second kappa shape index (κ2) is 6.36. The number of nitrogens with zero attached hydrogens (tertiary/aromatic N) is 2. The number of carboxylic acid groups (broad SMARTS) is 1. The molecule has 0 bridgehead atoms. The van der Waals surface area contributed by atoms with Crippen LogP contribution >= 0.6 is 0 Å². The van der Waals surface area contributed by atoms with Crippen molar-refractivity contribution in [1.29, 1.82) is 0 Å². The molecule has 1 aromatic rings. The Kier molecular flexibility index (Phi) is 4.55. The van der Waals surface area contributed by atoms with Crippen molar-refractivity contribution in [2.75, 3.05) is 6.54 Å². The molecule has 0 aliphatic carbocycles. The van der Waals surface area contributed by atoms with Gasteiger partial charge in [0.1, 0.15) is 6.04 Å². The molecule has 2 rings (SSSR count). The summed E-state index contributed by atoms with van der Waals surface area (Å²) in [7, 11) is 0. The maximum absolute atomic E-state index is 12.1. The fourth-order valence-corrected chi connectivity index (χ4v) is 2.49. The van der Waals surface area contributed by atoms with Crippen LogP contribution in [0.4, 0.5) is 0 Å². The molecule has 1 N–H and O–H groups in total. The lowest BCUT2D eigenvalue weighted by atomic mass is 10.0. The highest BCUT2D eigenvalue weighted by Gasteiger charge is 2.31. The highest BCUT2D eigenvalue weighted by atomic mass is 16.4. The summed E-state index contributed by atoms with van der Waals surface area (Å²) < 4.78 is 1.46. The van der Waals surface area contributed by atoms with E-state index in [4.69, 9.17) is 5.11 Å². The standard InChI is InChI=1S/C14H18N2O4/c17-12-6-2-3-8-15(12)10-7-13(18)16-9-4-1-5-11(16)14(19)20/h2-3,6,8,11H,1,4-5,7,9-10H2,(H,19,20)/t11-/m0/s1. The zero-order chi connectivity index (χ0) is 14.5. The first-order valence-corrected chi connectivity index (χ1v) is 6.77. The molecular formula is C14H18N2O4. The number of amides is 1. The summed E-state index contributed by atoms with van der Waals surface area (Å²) >= 11 is 0. The van der Waals surface area contributed by atoms with Gasteiger partial charge in [-0.25, -0.2) is 4.79 Å². The Labute approximate surface area is 116 Å². The maximum atomic E-state index is 12.1. The number of aliphatic carboxylic acids is 1. The molecule has 20 heavy (non-hydrogen) atoms. The number of hydrogen-bond acceptors (Lipinski definition) is 3. The van der Waals surface area contributed by atoms with Crippen LogP contribution < -0.4 is 5.56 Å². The molecular weight excluding hydrogens is 260 g/mol. The third-order valence-corrected chi connectivity index (χ3v) is 3.57. The number of carbonyl (C=O) groups excluding carboxylic acids is 1. The quantitative estimate of drug-likeness (QED) is 0.879. The van der Waals surface area contributed by atoms with E-state index >= 15 is 0 Å². The number of hydrogen-bond donors (Lipinski definition) is 1. The van der Waals surface area contributed by atoms with Gasteiger partial charge in [0, 0.05) is 31.8 Å². The van der Waals surface area contributed by atoms with E-state index in [1.165, 1.54) is 15.5 Å². The first-order valence-electron chi connectivity index (χ1n) is 6.77. The van der Waals surface area contributed by atoms with Crippen LogP contribution in [-0.2, 0) is 16.1 Å². The molecule has 0 aromatic carbocycles. The first kappa shape index (κ1) is 14.3. The Balaban J connectivity index is 1.99. The van der Waals surface area contributed by atoms with E-state index in [-0.39, 0.29) is 24.4 Å². The fourth-order valence-electron chi connectivity index (χ4n) is 2.49. The zero-order valence-corrected chi connectivity index (χ0v) is 11.2. The van der Waals surface area contributed by atoms with E-state index in [0.717, 1.165) is 12.8 Å². The zero-order valence-electron chi connectivity index (χ0n) is 11.2. The van der Waals surface area contributed by atoms with Gasteiger partial charge in [-0.3, -0.25) is 9.59 Å². The second-order valence-corrected chi connectivity index (χ2v) is 4.92. The van der Waals surface area contributed by atoms with Gasteiger partial charge in [0.2, 0.25) is 5.91 Å². The molecule has 1 aromatic heterocycles. The Morgan fingerprint density at radius 1 is 1.30 bits per heavy atom. The predicted octanol–water partition coefficient (Wildman–Crippen LogP) is 0.704. The number of aromatic nitrogens is 1. The summed E-state index contributed by atoms with van der Waals surface area (Å²) in [5, 5.41) is 9.14. The minimum Gasteiger partial charge on any atom is -0.480 e. The van der Waals surface area contributed by atoms with Gasteiger partial charge in [-0.15, -0.1) is 0 Å². The van der Waals surface area contributed by atoms with Gasteiger partial charge in [0.15, 0.2) is 0 Å². The van der Waals surface area contributed by atoms with Gasteiger partial charge in [-0.05, 0) is 25.3 Å². The highest BCUT2D eigenvalue weighted by Crippen LogP contribution is 2.18. The Morgan fingerprint density at radius 2 is 2.10 bits per heavy atom. The van der Waals surface area contributed by atoms with E-state index < -0.39 is 12.0 Å². The first-order chi connectivity index (χ1) is 9.59. The Morgan fingerprint density at radius 3 is 2.80 bits per heavy atom. The minimum absolute atomic E-state index is 0.147. The van der Waals surface area contributed by atoms with Crippen LogP contribution in [0.2, 0.25) is 0 Å². The van der Waals surface area contributed by atoms with Crippen LogP contribution in [0.3, 0.4) is 0 Å². The van der Waals surface area contributed by atoms with E-state index in [1.54, 1.807) is 18.3 Å². The largest absolute Gasteiger partial charge is 0.480 e. The number of rotatable bonds is 4. The molecule has 108 valence electrons. The van der Waals surface area contributed by atoms with E-state index in [2.05, 4.69) is 0 Å². The molecule has 1 aliphatic rings. The number of likely N-dealkylation sites (tertiary alicyclic amines) is 1. The summed E-state index contributed by atoms with van der Waals surface area (Å²) in [5.74, 6) is -1.15. The van der Waals surface area contributed by atoms with Crippen LogP contribution in [0.25, 0.3) is 0 Å². The van der Waals surface area contributed by atoms with Crippen LogP contribution in [0.5, 0.6) is 0 Å². The van der Waals surface area contributed by atoms with Gasteiger partial charge >= 0.3 is 5.97 Å². The van der Waals surface area contributed by atoms with Crippen molar-refractivity contribution in [3.63, 3.8) is 0 Å². The topological polar surface area (TPSA) is 79.6 Å². The number of carboxylic acids is 1. The normalized spacial score (nSPS) is 18.8. The number of piperidine rings is 1. The average Bonchev–Trinajstić information content (AvgIpc) is 2.46. The monoisotopic (exact) mass is 278 g/mol. The van der Waals surface area contributed by atoms with Crippen molar-refractivity contribution in [1.82, 2.24) is 9.47 Å². The molecule has 6 heteroatoms. The molecule has 0 spiro atoms. The van der Waals surface area contributed by atoms with Gasteiger partial charge < -0.3 is 14.6 Å². The molecule has 1 aliphatic heterocycles. The number of aryl methyl sites for hydroxylation is 1. The molecule has 1 fully saturated rings. The molecule has 0 saturated carbocycles.